The maximum absolute atomic E-state index is 11.9. The van der Waals surface area contributed by atoms with Crippen LogP contribution in [0.3, 0.4) is 0 Å². The van der Waals surface area contributed by atoms with Gasteiger partial charge in [-0.05, 0) is 30.0 Å². The highest BCUT2D eigenvalue weighted by Crippen LogP contribution is 2.33. The van der Waals surface area contributed by atoms with Crippen molar-refractivity contribution in [2.24, 2.45) is 5.92 Å². The standard InChI is InChI=1S/C14H15Cl2NO3/c15-10-4-3-9(5-11(10)16)7-13(18)17-12(14(19)20)6-8-1-2-8/h3-5,8,12H,1-2,6-7H2,(H,17,18)(H,19,20). The summed E-state index contributed by atoms with van der Waals surface area (Å²) in [5, 5.41) is 12.5. The van der Waals surface area contributed by atoms with Gasteiger partial charge in [-0.2, -0.15) is 0 Å². The summed E-state index contributed by atoms with van der Waals surface area (Å²) in [6.07, 6.45) is 2.69. The number of hydrogen-bond donors (Lipinski definition) is 2. The van der Waals surface area contributed by atoms with Crippen LogP contribution >= 0.6 is 23.2 Å². The lowest BCUT2D eigenvalue weighted by Crippen LogP contribution is -2.41. The molecular formula is C14H15Cl2NO3. The largest absolute Gasteiger partial charge is 0.480 e. The average Bonchev–Trinajstić information content (AvgIpc) is 3.17. The van der Waals surface area contributed by atoms with Gasteiger partial charge in [0.25, 0.3) is 0 Å². The summed E-state index contributed by atoms with van der Waals surface area (Å²) in [7, 11) is 0. The van der Waals surface area contributed by atoms with Crippen LogP contribution in [0, 0.1) is 5.92 Å². The van der Waals surface area contributed by atoms with Crippen LogP contribution in [-0.2, 0) is 16.0 Å². The molecule has 1 amide bonds. The van der Waals surface area contributed by atoms with Crippen molar-refractivity contribution in [3.63, 3.8) is 0 Å². The number of nitrogens with one attached hydrogen (secondary N) is 1. The molecule has 0 spiro atoms. The zero-order valence-corrected chi connectivity index (χ0v) is 12.2. The Labute approximate surface area is 127 Å². The number of amides is 1. The van der Waals surface area contributed by atoms with Crippen molar-refractivity contribution >= 4 is 35.1 Å². The van der Waals surface area contributed by atoms with Gasteiger partial charge in [0.2, 0.25) is 5.91 Å². The molecule has 1 aliphatic rings. The van der Waals surface area contributed by atoms with Crippen LogP contribution in [0.15, 0.2) is 18.2 Å². The van der Waals surface area contributed by atoms with E-state index in [2.05, 4.69) is 5.32 Å². The predicted molar refractivity (Wildman–Crippen MR) is 77.1 cm³/mol. The number of carboxylic acids is 1. The van der Waals surface area contributed by atoms with E-state index in [1.807, 2.05) is 0 Å². The van der Waals surface area contributed by atoms with E-state index in [-0.39, 0.29) is 12.3 Å². The summed E-state index contributed by atoms with van der Waals surface area (Å²) in [5.41, 5.74) is 0.701. The van der Waals surface area contributed by atoms with Gasteiger partial charge in [0.15, 0.2) is 0 Å². The molecule has 1 atom stereocenters. The lowest BCUT2D eigenvalue weighted by Gasteiger charge is -2.14. The molecule has 1 saturated carbocycles. The Morgan fingerprint density at radius 3 is 2.55 bits per heavy atom. The fourth-order valence-electron chi connectivity index (χ4n) is 1.99. The molecule has 1 unspecified atom stereocenters. The number of halogens is 2. The van der Waals surface area contributed by atoms with E-state index in [9.17, 15) is 9.59 Å². The zero-order chi connectivity index (χ0) is 14.7. The van der Waals surface area contributed by atoms with E-state index >= 15 is 0 Å². The molecule has 1 aliphatic carbocycles. The molecule has 0 bridgehead atoms. The van der Waals surface area contributed by atoms with Gasteiger partial charge in [-0.1, -0.05) is 42.1 Å². The van der Waals surface area contributed by atoms with Crippen molar-refractivity contribution in [2.45, 2.75) is 31.7 Å². The molecule has 1 aromatic rings. The summed E-state index contributed by atoms with van der Waals surface area (Å²) in [5.74, 6) is -0.878. The predicted octanol–water partition coefficient (Wildman–Crippen LogP) is 2.91. The first-order valence-electron chi connectivity index (χ1n) is 6.42. The minimum Gasteiger partial charge on any atom is -0.480 e. The van der Waals surface area contributed by atoms with Gasteiger partial charge in [-0.25, -0.2) is 4.79 Å². The van der Waals surface area contributed by atoms with Gasteiger partial charge < -0.3 is 10.4 Å². The van der Waals surface area contributed by atoms with Crippen LogP contribution in [0.25, 0.3) is 0 Å². The van der Waals surface area contributed by atoms with Crippen LogP contribution in [-0.4, -0.2) is 23.0 Å². The quantitative estimate of drug-likeness (QED) is 0.848. The number of carboxylic acid groups (broad SMARTS) is 1. The summed E-state index contributed by atoms with van der Waals surface area (Å²) in [6.45, 7) is 0. The molecule has 0 aliphatic heterocycles. The molecule has 1 aromatic carbocycles. The molecule has 0 radical (unpaired) electrons. The third kappa shape index (κ3) is 4.39. The van der Waals surface area contributed by atoms with Crippen LogP contribution in [0.4, 0.5) is 0 Å². The van der Waals surface area contributed by atoms with Gasteiger partial charge in [-0.3, -0.25) is 4.79 Å². The van der Waals surface area contributed by atoms with Crippen molar-refractivity contribution in [1.29, 1.82) is 0 Å². The molecule has 0 saturated heterocycles. The van der Waals surface area contributed by atoms with Crippen molar-refractivity contribution in [2.75, 3.05) is 0 Å². The maximum Gasteiger partial charge on any atom is 0.326 e. The Hall–Kier alpha value is -1.26. The Bertz CT molecular complexity index is 529. The highest BCUT2D eigenvalue weighted by molar-refractivity contribution is 6.42. The van der Waals surface area contributed by atoms with Crippen molar-refractivity contribution in [3.8, 4) is 0 Å². The van der Waals surface area contributed by atoms with Crippen LogP contribution in [0.2, 0.25) is 10.0 Å². The minimum atomic E-state index is -0.987. The fourth-order valence-corrected chi connectivity index (χ4v) is 2.31. The van der Waals surface area contributed by atoms with Gasteiger partial charge in [-0.15, -0.1) is 0 Å². The monoisotopic (exact) mass is 315 g/mol. The summed E-state index contributed by atoms with van der Waals surface area (Å²) in [6, 6.07) is 4.12. The molecule has 4 nitrogen and oxygen atoms in total. The molecule has 0 aromatic heterocycles. The van der Waals surface area contributed by atoms with Crippen LogP contribution in [0.1, 0.15) is 24.8 Å². The number of rotatable bonds is 6. The molecular weight excluding hydrogens is 301 g/mol. The van der Waals surface area contributed by atoms with Gasteiger partial charge >= 0.3 is 5.97 Å². The normalized spacial score (nSPS) is 15.7. The molecule has 2 N–H and O–H groups in total. The lowest BCUT2D eigenvalue weighted by atomic mass is 10.1. The molecule has 20 heavy (non-hydrogen) atoms. The van der Waals surface area contributed by atoms with Gasteiger partial charge in [0.05, 0.1) is 16.5 Å². The topological polar surface area (TPSA) is 66.4 Å². The van der Waals surface area contributed by atoms with E-state index < -0.39 is 12.0 Å². The van der Waals surface area contributed by atoms with E-state index in [4.69, 9.17) is 28.3 Å². The Morgan fingerprint density at radius 2 is 2.00 bits per heavy atom. The third-order valence-electron chi connectivity index (χ3n) is 3.25. The SMILES string of the molecule is O=C(Cc1ccc(Cl)c(Cl)c1)NC(CC1CC1)C(=O)O. The molecule has 2 rings (SSSR count). The second kappa shape index (κ2) is 6.46. The molecule has 0 heterocycles. The number of benzene rings is 1. The first-order chi connectivity index (χ1) is 9.45. The Balaban J connectivity index is 1.92. The molecule has 108 valence electrons. The smallest absolute Gasteiger partial charge is 0.326 e. The third-order valence-corrected chi connectivity index (χ3v) is 3.99. The van der Waals surface area contributed by atoms with Gasteiger partial charge in [0.1, 0.15) is 6.04 Å². The van der Waals surface area contributed by atoms with E-state index in [1.165, 1.54) is 0 Å². The average molecular weight is 316 g/mol. The second-order valence-electron chi connectivity index (χ2n) is 5.06. The van der Waals surface area contributed by atoms with Crippen molar-refractivity contribution < 1.29 is 14.7 Å². The first-order valence-corrected chi connectivity index (χ1v) is 7.17. The number of hydrogen-bond acceptors (Lipinski definition) is 2. The number of carbonyl (C=O) groups is 2. The van der Waals surface area contributed by atoms with Crippen LogP contribution < -0.4 is 5.32 Å². The highest BCUT2D eigenvalue weighted by Gasteiger charge is 2.30. The van der Waals surface area contributed by atoms with Crippen molar-refractivity contribution in [1.82, 2.24) is 5.32 Å². The Kier molecular flexibility index (Phi) is 4.89. The van der Waals surface area contributed by atoms with Gasteiger partial charge in [0, 0.05) is 0 Å². The van der Waals surface area contributed by atoms with E-state index in [1.54, 1.807) is 18.2 Å². The van der Waals surface area contributed by atoms with E-state index in [0.29, 0.717) is 27.9 Å². The second-order valence-corrected chi connectivity index (χ2v) is 5.88. The first kappa shape index (κ1) is 15.1. The summed E-state index contributed by atoms with van der Waals surface area (Å²) < 4.78 is 0. The minimum absolute atomic E-state index is 0.0886. The highest BCUT2D eigenvalue weighted by atomic mass is 35.5. The number of aliphatic carboxylic acids is 1. The molecule has 6 heteroatoms. The van der Waals surface area contributed by atoms with Crippen molar-refractivity contribution in [3.05, 3.63) is 33.8 Å². The molecule has 1 fully saturated rings. The number of carbonyl (C=O) groups excluding carboxylic acids is 1. The summed E-state index contributed by atoms with van der Waals surface area (Å²) >= 11 is 11.7. The van der Waals surface area contributed by atoms with E-state index in [0.717, 1.165) is 12.8 Å². The maximum atomic E-state index is 11.9. The lowest BCUT2D eigenvalue weighted by molar-refractivity contribution is -0.142. The Morgan fingerprint density at radius 1 is 1.30 bits per heavy atom. The van der Waals surface area contributed by atoms with Crippen LogP contribution in [0.5, 0.6) is 0 Å². The fraction of sp³-hybridized carbons (Fsp3) is 0.429. The summed E-state index contributed by atoms with van der Waals surface area (Å²) in [4.78, 5) is 23.0. The zero-order valence-electron chi connectivity index (χ0n) is 10.7.